The van der Waals surface area contributed by atoms with Crippen LogP contribution in [0, 0.1) is 69.8 Å². The second-order valence-corrected chi connectivity index (χ2v) is 19.0. The van der Waals surface area contributed by atoms with Crippen molar-refractivity contribution in [3.05, 3.63) is 110 Å². The molecule has 12 heteroatoms. The van der Waals surface area contributed by atoms with E-state index in [0.717, 1.165) is 41.5 Å². The van der Waals surface area contributed by atoms with Crippen LogP contribution >= 0.6 is 6.89 Å². The average molecular weight is 791 g/mol. The van der Waals surface area contributed by atoms with Gasteiger partial charge in [-0.15, -0.1) is 0 Å². The van der Waals surface area contributed by atoms with Gasteiger partial charge in [0.2, 0.25) is 0 Å². The van der Waals surface area contributed by atoms with E-state index in [2.05, 4.69) is 11.6 Å². The lowest BCUT2D eigenvalue weighted by molar-refractivity contribution is 0.382. The van der Waals surface area contributed by atoms with Crippen molar-refractivity contribution in [1.29, 1.82) is 0 Å². The maximum atomic E-state index is 16.3. The van der Waals surface area contributed by atoms with Crippen LogP contribution in [0.15, 0.2) is 35.4 Å². The Labute approximate surface area is 316 Å². The van der Waals surface area contributed by atoms with Crippen LogP contribution in [0.2, 0.25) is 0 Å². The van der Waals surface area contributed by atoms with E-state index in [0.29, 0.717) is 43.0 Å². The van der Waals surface area contributed by atoms with Crippen LogP contribution in [0.1, 0.15) is 127 Å². The lowest BCUT2D eigenvalue weighted by Crippen LogP contribution is -2.56. The Balaban J connectivity index is 1.97. The van der Waals surface area contributed by atoms with Crippen molar-refractivity contribution in [2.24, 2.45) is 0 Å². The van der Waals surface area contributed by atoms with Gasteiger partial charge in [0, 0.05) is 16.6 Å². The normalized spacial score (nSPS) is 19.8. The summed E-state index contributed by atoms with van der Waals surface area (Å²) >= 11 is 0. The molecule has 0 N–H and O–H groups in total. The molecule has 6 rings (SSSR count). The SMILES string of the molecule is CC(C)c1cc(C(C)C)c(P2(C#CC3=CCCCC3)=C(B(c3c(F)c(F)c(F)c(F)c3F)c3c(F)c(F)c(F)c(F)c3F)C=C3CCCCC32)c(C(C)C)c1. The summed E-state index contributed by atoms with van der Waals surface area (Å²) in [6, 6.07) is 4.01. The number of fused-ring (bicyclic) bond motifs is 1. The summed E-state index contributed by atoms with van der Waals surface area (Å²) in [4.78, 5) is 0. The minimum absolute atomic E-state index is 0.0432. The third kappa shape index (κ3) is 6.83. The summed E-state index contributed by atoms with van der Waals surface area (Å²) in [5.74, 6) is -21.5. The van der Waals surface area contributed by atoms with Crippen LogP contribution in [-0.2, 0) is 0 Å². The molecule has 0 bridgehead atoms. The summed E-state index contributed by atoms with van der Waals surface area (Å²) in [6.07, 6.45) is 8.72. The van der Waals surface area contributed by atoms with Crippen LogP contribution in [0.25, 0.3) is 0 Å². The van der Waals surface area contributed by atoms with Gasteiger partial charge in [0.15, 0.2) is 58.2 Å². The Morgan fingerprint density at radius 2 is 1.07 bits per heavy atom. The van der Waals surface area contributed by atoms with Crippen LogP contribution < -0.4 is 16.2 Å². The number of halogens is 10. The van der Waals surface area contributed by atoms with Gasteiger partial charge in [-0.05, 0) is 97.2 Å². The quantitative estimate of drug-likeness (QED) is 0.0559. The van der Waals surface area contributed by atoms with Crippen LogP contribution in [0.4, 0.5) is 43.9 Å². The molecule has 0 saturated heterocycles. The maximum Gasteiger partial charge on any atom is 0.258 e. The van der Waals surface area contributed by atoms with Gasteiger partial charge in [-0.25, -0.2) is 43.9 Å². The first kappa shape index (κ1) is 41.0. The molecule has 3 aromatic rings. The van der Waals surface area contributed by atoms with Gasteiger partial charge in [0.05, 0.1) is 0 Å². The standard InChI is InChI=1S/C43H42BF10P/c1-21(2)26-18-27(22(3)4)43(28(19-26)23(5)6)55(17-16-24-12-8-7-9-13-24)29-15-11-10-14-25(29)20-30(55)44(31-33(45)37(49)41(53)38(50)34(31)46)32-35(47)39(51)42(54)40(52)36(32)48/h12,18-23,29H,7-11,13-15H2,1-6H3. The van der Waals surface area contributed by atoms with E-state index in [1.165, 1.54) is 6.08 Å². The fourth-order valence-corrected chi connectivity index (χ4v) is 13.9. The van der Waals surface area contributed by atoms with Crippen LogP contribution in [0.5, 0.6) is 0 Å². The Hall–Kier alpha value is -3.64. The van der Waals surface area contributed by atoms with E-state index in [1.807, 2.05) is 59.8 Å². The highest BCUT2D eigenvalue weighted by Crippen LogP contribution is 2.64. The third-order valence-corrected chi connectivity index (χ3v) is 15.7. The Morgan fingerprint density at radius 3 is 1.51 bits per heavy atom. The first-order valence-electron chi connectivity index (χ1n) is 18.8. The van der Waals surface area contributed by atoms with Crippen molar-refractivity contribution in [2.75, 3.05) is 0 Å². The van der Waals surface area contributed by atoms with Gasteiger partial charge in [0.1, 0.15) is 0 Å². The first-order valence-corrected chi connectivity index (χ1v) is 20.7. The van der Waals surface area contributed by atoms with Gasteiger partial charge in [0.25, 0.3) is 6.71 Å². The molecule has 1 saturated carbocycles. The first-order chi connectivity index (χ1) is 25.9. The predicted octanol–water partition coefficient (Wildman–Crippen LogP) is 11.5. The molecule has 0 aromatic heterocycles. The summed E-state index contributed by atoms with van der Waals surface area (Å²) in [5.41, 5.74) is 3.57. The molecular formula is C43H42BF10P. The van der Waals surface area contributed by atoms with E-state index in [-0.39, 0.29) is 22.9 Å². The maximum absolute atomic E-state index is 16.3. The molecule has 0 nitrogen and oxygen atoms in total. The molecule has 0 amide bonds. The molecule has 2 atom stereocenters. The van der Waals surface area contributed by atoms with Crippen molar-refractivity contribution in [1.82, 2.24) is 0 Å². The molecule has 1 heterocycles. The van der Waals surface area contributed by atoms with Crippen LogP contribution in [0.3, 0.4) is 0 Å². The zero-order valence-electron chi connectivity index (χ0n) is 31.6. The lowest BCUT2D eigenvalue weighted by atomic mass is 9.37. The summed E-state index contributed by atoms with van der Waals surface area (Å²) < 4.78 is 156. The lowest BCUT2D eigenvalue weighted by Gasteiger charge is -2.39. The molecule has 3 aromatic carbocycles. The van der Waals surface area contributed by atoms with Crippen molar-refractivity contribution >= 4 is 35.0 Å². The monoisotopic (exact) mass is 790 g/mol. The summed E-state index contributed by atoms with van der Waals surface area (Å²) in [7, 11) is 0. The van der Waals surface area contributed by atoms with Crippen LogP contribution in [-0.4, -0.2) is 17.6 Å². The fraction of sp³-hybridized carbons (Fsp3) is 0.419. The van der Waals surface area contributed by atoms with Crippen molar-refractivity contribution < 1.29 is 43.9 Å². The van der Waals surface area contributed by atoms with Gasteiger partial charge in [-0.1, -0.05) is 94.6 Å². The number of hydrogen-bond acceptors (Lipinski definition) is 0. The highest BCUT2D eigenvalue weighted by Gasteiger charge is 2.50. The highest BCUT2D eigenvalue weighted by atomic mass is 31.2. The molecule has 1 fully saturated rings. The average Bonchev–Trinajstić information content (AvgIpc) is 3.50. The Kier molecular flexibility index (Phi) is 11.7. The van der Waals surface area contributed by atoms with Crippen molar-refractivity contribution in [3.63, 3.8) is 0 Å². The smallest absolute Gasteiger partial charge is 0.204 e. The van der Waals surface area contributed by atoms with E-state index < -0.39 is 88.4 Å². The predicted molar refractivity (Wildman–Crippen MR) is 202 cm³/mol. The summed E-state index contributed by atoms with van der Waals surface area (Å²) in [6.45, 7) is 5.43. The van der Waals surface area contributed by atoms with Gasteiger partial charge in [-0.2, -0.15) is 0 Å². The molecule has 2 aliphatic carbocycles. The second-order valence-electron chi connectivity index (χ2n) is 15.8. The van der Waals surface area contributed by atoms with Gasteiger partial charge < -0.3 is 0 Å². The zero-order valence-corrected chi connectivity index (χ0v) is 32.5. The van der Waals surface area contributed by atoms with Crippen molar-refractivity contribution in [2.45, 2.75) is 116 Å². The summed E-state index contributed by atoms with van der Waals surface area (Å²) in [5, 5.41) is 0.447. The third-order valence-electron chi connectivity index (χ3n) is 11.3. The second kappa shape index (κ2) is 15.7. The molecule has 1 aliphatic heterocycles. The molecule has 3 aliphatic rings. The highest BCUT2D eigenvalue weighted by molar-refractivity contribution is 7.92. The molecular weight excluding hydrogens is 748 g/mol. The fourth-order valence-electron chi connectivity index (χ4n) is 8.50. The molecule has 55 heavy (non-hydrogen) atoms. The minimum Gasteiger partial charge on any atom is -0.204 e. The van der Waals surface area contributed by atoms with E-state index in [9.17, 15) is 8.78 Å². The number of benzene rings is 3. The molecule has 0 radical (unpaired) electrons. The minimum atomic E-state index is -3.71. The molecule has 292 valence electrons. The number of hydrogen-bond donors (Lipinski definition) is 0. The van der Waals surface area contributed by atoms with E-state index in [4.69, 9.17) is 0 Å². The molecule has 0 spiro atoms. The number of rotatable bonds is 7. The number of allylic oxidation sites excluding steroid dienone is 4. The van der Waals surface area contributed by atoms with E-state index >= 15 is 35.1 Å². The largest absolute Gasteiger partial charge is 0.258 e. The molecule has 2 unspecified atom stereocenters. The zero-order chi connectivity index (χ0) is 40.3. The topological polar surface area (TPSA) is 0 Å². The van der Waals surface area contributed by atoms with E-state index in [1.54, 1.807) is 0 Å². The Morgan fingerprint density at radius 1 is 0.600 bits per heavy atom. The van der Waals surface area contributed by atoms with Gasteiger partial charge >= 0.3 is 0 Å². The van der Waals surface area contributed by atoms with Crippen molar-refractivity contribution in [3.8, 4) is 11.6 Å². The Bertz CT molecular complexity index is 2100. The van der Waals surface area contributed by atoms with Gasteiger partial charge in [-0.3, -0.25) is 0 Å².